The van der Waals surface area contributed by atoms with Crippen molar-refractivity contribution in [1.29, 1.82) is 5.26 Å². The molecule has 0 radical (unpaired) electrons. The number of aromatic nitrogens is 1. The first-order valence-corrected chi connectivity index (χ1v) is 6.35. The molecule has 0 spiro atoms. The van der Waals surface area contributed by atoms with Crippen LogP contribution in [0.15, 0.2) is 35.8 Å². The Morgan fingerprint density at radius 3 is 2.94 bits per heavy atom. The molecule has 0 amide bonds. The van der Waals surface area contributed by atoms with E-state index in [9.17, 15) is 0 Å². The number of pyridine rings is 1. The fourth-order valence-electron chi connectivity index (χ4n) is 1.70. The van der Waals surface area contributed by atoms with Crippen LogP contribution >= 0.6 is 11.3 Å². The van der Waals surface area contributed by atoms with Crippen molar-refractivity contribution in [3.05, 3.63) is 46.4 Å². The number of nitriles is 1. The Labute approximate surface area is 105 Å². The minimum Gasteiger partial charge on any atom is -0.364 e. The molecule has 3 nitrogen and oxygen atoms in total. The molecule has 0 saturated carbocycles. The van der Waals surface area contributed by atoms with E-state index in [1.54, 1.807) is 17.5 Å². The molecule has 0 fully saturated rings. The van der Waals surface area contributed by atoms with E-state index in [-0.39, 0.29) is 0 Å². The summed E-state index contributed by atoms with van der Waals surface area (Å²) in [5, 5.41) is 11.1. The van der Waals surface area contributed by atoms with Gasteiger partial charge in [0.25, 0.3) is 0 Å². The Morgan fingerprint density at radius 2 is 2.29 bits per heavy atom. The maximum Gasteiger partial charge on any atom is 0.163 e. The fourth-order valence-corrected chi connectivity index (χ4v) is 2.42. The standard InChI is InChI=1S/C13H13N3S/c1-2-16(10-11-5-4-8-17-11)13-6-3-7-15-12(13)9-14/h3-8H,2,10H2,1H3. The quantitative estimate of drug-likeness (QED) is 0.828. The Bertz CT molecular complexity index is 514. The Morgan fingerprint density at radius 1 is 1.41 bits per heavy atom. The van der Waals surface area contributed by atoms with Gasteiger partial charge in [-0.15, -0.1) is 11.3 Å². The molecule has 2 rings (SSSR count). The van der Waals surface area contributed by atoms with E-state index in [4.69, 9.17) is 5.26 Å². The van der Waals surface area contributed by atoms with Crippen LogP contribution in [0.4, 0.5) is 5.69 Å². The third-order valence-electron chi connectivity index (χ3n) is 2.54. The van der Waals surface area contributed by atoms with Gasteiger partial charge in [-0.25, -0.2) is 4.98 Å². The molecular formula is C13H13N3S. The number of hydrogen-bond acceptors (Lipinski definition) is 4. The third-order valence-corrected chi connectivity index (χ3v) is 3.40. The second kappa shape index (κ2) is 5.46. The lowest BCUT2D eigenvalue weighted by molar-refractivity contribution is 0.836. The van der Waals surface area contributed by atoms with Crippen LogP contribution in [-0.2, 0) is 6.54 Å². The molecule has 0 aromatic carbocycles. The first kappa shape index (κ1) is 11.6. The highest BCUT2D eigenvalue weighted by molar-refractivity contribution is 7.09. The zero-order valence-electron chi connectivity index (χ0n) is 9.63. The highest BCUT2D eigenvalue weighted by Gasteiger charge is 2.10. The zero-order chi connectivity index (χ0) is 12.1. The predicted octanol–water partition coefficient (Wildman–Crippen LogP) is 3.04. The molecule has 0 N–H and O–H groups in total. The molecule has 0 aliphatic heterocycles. The molecule has 86 valence electrons. The molecule has 0 atom stereocenters. The lowest BCUT2D eigenvalue weighted by Gasteiger charge is -2.22. The van der Waals surface area contributed by atoms with Gasteiger partial charge >= 0.3 is 0 Å². The first-order chi connectivity index (χ1) is 8.35. The number of rotatable bonds is 4. The summed E-state index contributed by atoms with van der Waals surface area (Å²) in [6.45, 7) is 3.77. The number of nitrogens with zero attached hydrogens (tertiary/aromatic N) is 3. The molecule has 17 heavy (non-hydrogen) atoms. The summed E-state index contributed by atoms with van der Waals surface area (Å²) in [5.74, 6) is 0. The highest BCUT2D eigenvalue weighted by atomic mass is 32.1. The molecule has 0 bridgehead atoms. The van der Waals surface area contributed by atoms with Gasteiger partial charge in [-0.1, -0.05) is 6.07 Å². The SMILES string of the molecule is CCN(Cc1cccs1)c1cccnc1C#N. The average Bonchev–Trinajstić information content (AvgIpc) is 2.89. The Hall–Kier alpha value is -1.86. The topological polar surface area (TPSA) is 39.9 Å². The minimum atomic E-state index is 0.492. The third kappa shape index (κ3) is 2.63. The second-order valence-corrected chi connectivity index (χ2v) is 4.61. The molecule has 0 unspecified atom stereocenters. The summed E-state index contributed by atoms with van der Waals surface area (Å²) in [5.41, 5.74) is 1.40. The van der Waals surface area contributed by atoms with Crippen molar-refractivity contribution in [3.8, 4) is 6.07 Å². The van der Waals surface area contributed by atoms with Crippen molar-refractivity contribution < 1.29 is 0 Å². The summed E-state index contributed by atoms with van der Waals surface area (Å²) in [6, 6.07) is 10.1. The zero-order valence-corrected chi connectivity index (χ0v) is 10.4. The number of thiophene rings is 1. The summed E-state index contributed by atoms with van der Waals surface area (Å²) in [4.78, 5) is 7.55. The first-order valence-electron chi connectivity index (χ1n) is 5.47. The normalized spacial score (nSPS) is 9.88. The van der Waals surface area contributed by atoms with Crippen LogP contribution in [-0.4, -0.2) is 11.5 Å². The Kier molecular flexibility index (Phi) is 3.73. The Balaban J connectivity index is 2.26. The molecule has 0 aliphatic rings. The largest absolute Gasteiger partial charge is 0.364 e. The number of anilines is 1. The highest BCUT2D eigenvalue weighted by Crippen LogP contribution is 2.21. The summed E-state index contributed by atoms with van der Waals surface area (Å²) < 4.78 is 0. The summed E-state index contributed by atoms with van der Waals surface area (Å²) >= 11 is 1.73. The van der Waals surface area contributed by atoms with Crippen molar-refractivity contribution in [1.82, 2.24) is 4.98 Å². The molecule has 0 saturated heterocycles. The maximum atomic E-state index is 9.05. The molecule has 0 aliphatic carbocycles. The summed E-state index contributed by atoms with van der Waals surface area (Å²) in [6.07, 6.45) is 1.65. The maximum absolute atomic E-state index is 9.05. The van der Waals surface area contributed by atoms with Gasteiger partial charge in [0.05, 0.1) is 12.2 Å². The summed E-state index contributed by atoms with van der Waals surface area (Å²) in [7, 11) is 0. The predicted molar refractivity (Wildman–Crippen MR) is 70.0 cm³/mol. The molecule has 2 aromatic heterocycles. The van der Waals surface area contributed by atoms with E-state index >= 15 is 0 Å². The van der Waals surface area contributed by atoms with Crippen molar-refractivity contribution in [3.63, 3.8) is 0 Å². The van der Waals surface area contributed by atoms with Crippen molar-refractivity contribution in [2.45, 2.75) is 13.5 Å². The van der Waals surface area contributed by atoms with Gasteiger partial charge < -0.3 is 4.90 Å². The van der Waals surface area contributed by atoms with Crippen LogP contribution in [0.3, 0.4) is 0 Å². The van der Waals surface area contributed by atoms with E-state index in [1.807, 2.05) is 18.2 Å². The van der Waals surface area contributed by atoms with Crippen LogP contribution in [0.2, 0.25) is 0 Å². The molecular weight excluding hydrogens is 230 g/mol. The van der Waals surface area contributed by atoms with Crippen molar-refractivity contribution in [2.24, 2.45) is 0 Å². The lowest BCUT2D eigenvalue weighted by atomic mass is 10.2. The second-order valence-electron chi connectivity index (χ2n) is 3.58. The van der Waals surface area contributed by atoms with Gasteiger partial charge in [-0.3, -0.25) is 0 Å². The van der Waals surface area contributed by atoms with Crippen molar-refractivity contribution >= 4 is 17.0 Å². The molecule has 4 heteroatoms. The van der Waals surface area contributed by atoms with E-state index < -0.39 is 0 Å². The van der Waals surface area contributed by atoms with Crippen LogP contribution < -0.4 is 4.90 Å². The van der Waals surface area contributed by atoms with E-state index in [1.165, 1.54) is 4.88 Å². The van der Waals surface area contributed by atoms with Crippen LogP contribution in [0, 0.1) is 11.3 Å². The lowest BCUT2D eigenvalue weighted by Crippen LogP contribution is -2.22. The smallest absolute Gasteiger partial charge is 0.163 e. The number of hydrogen-bond donors (Lipinski definition) is 0. The fraction of sp³-hybridized carbons (Fsp3) is 0.231. The van der Waals surface area contributed by atoms with Gasteiger partial charge in [-0.05, 0) is 30.5 Å². The van der Waals surface area contributed by atoms with Gasteiger partial charge in [-0.2, -0.15) is 5.26 Å². The average molecular weight is 243 g/mol. The van der Waals surface area contributed by atoms with Gasteiger partial charge in [0.2, 0.25) is 0 Å². The van der Waals surface area contributed by atoms with Crippen LogP contribution in [0.5, 0.6) is 0 Å². The van der Waals surface area contributed by atoms with E-state index in [2.05, 4.69) is 34.3 Å². The van der Waals surface area contributed by atoms with E-state index in [0.29, 0.717) is 5.69 Å². The van der Waals surface area contributed by atoms with Crippen LogP contribution in [0.25, 0.3) is 0 Å². The monoisotopic (exact) mass is 243 g/mol. The molecule has 2 heterocycles. The van der Waals surface area contributed by atoms with Gasteiger partial charge in [0.15, 0.2) is 5.69 Å². The molecule has 2 aromatic rings. The van der Waals surface area contributed by atoms with Gasteiger partial charge in [0, 0.05) is 17.6 Å². The van der Waals surface area contributed by atoms with E-state index in [0.717, 1.165) is 18.8 Å². The van der Waals surface area contributed by atoms with Gasteiger partial charge in [0.1, 0.15) is 6.07 Å². The van der Waals surface area contributed by atoms with Crippen LogP contribution in [0.1, 0.15) is 17.5 Å². The van der Waals surface area contributed by atoms with Crippen molar-refractivity contribution in [2.75, 3.05) is 11.4 Å². The minimum absolute atomic E-state index is 0.492.